The molecule has 1 aromatic carbocycles. The molecular formula is C15H23ClFN. The molecule has 1 unspecified atom stereocenters. The van der Waals surface area contributed by atoms with E-state index in [2.05, 4.69) is 26.1 Å². The molecule has 0 saturated heterocycles. The zero-order chi connectivity index (χ0) is 13.7. The lowest BCUT2D eigenvalue weighted by atomic mass is 9.95. The highest BCUT2D eigenvalue weighted by atomic mass is 35.5. The van der Waals surface area contributed by atoms with Crippen LogP contribution in [-0.2, 0) is 0 Å². The van der Waals surface area contributed by atoms with Crippen molar-refractivity contribution in [2.24, 2.45) is 5.92 Å². The monoisotopic (exact) mass is 271 g/mol. The largest absolute Gasteiger partial charge is 0.310 e. The van der Waals surface area contributed by atoms with Crippen molar-refractivity contribution in [2.45, 2.75) is 46.6 Å². The SMILES string of the molecule is CCCNC(CC(C)C)c1cc(C)c(F)cc1Cl. The Hall–Kier alpha value is -0.600. The predicted molar refractivity (Wildman–Crippen MR) is 76.6 cm³/mol. The molecule has 0 amide bonds. The molecule has 0 heterocycles. The van der Waals surface area contributed by atoms with Crippen LogP contribution in [0.5, 0.6) is 0 Å². The highest BCUT2D eigenvalue weighted by Crippen LogP contribution is 2.30. The maximum absolute atomic E-state index is 13.4. The standard InChI is InChI=1S/C15H23ClFN/c1-5-6-18-15(7-10(2)3)12-8-11(4)14(17)9-13(12)16/h8-10,15,18H,5-7H2,1-4H3. The maximum atomic E-state index is 13.4. The van der Waals surface area contributed by atoms with Crippen LogP contribution in [0.15, 0.2) is 12.1 Å². The molecule has 0 aliphatic rings. The third-order valence-corrected chi connectivity index (χ3v) is 3.33. The number of nitrogens with one attached hydrogen (secondary N) is 1. The lowest BCUT2D eigenvalue weighted by molar-refractivity contribution is 0.429. The fourth-order valence-electron chi connectivity index (χ4n) is 2.06. The van der Waals surface area contributed by atoms with Gasteiger partial charge in [0.1, 0.15) is 5.82 Å². The van der Waals surface area contributed by atoms with Crippen LogP contribution in [0.1, 0.15) is 50.8 Å². The summed E-state index contributed by atoms with van der Waals surface area (Å²) >= 11 is 6.18. The van der Waals surface area contributed by atoms with Gasteiger partial charge in [0.15, 0.2) is 0 Å². The molecular weight excluding hydrogens is 249 g/mol. The summed E-state index contributed by atoms with van der Waals surface area (Å²) in [6, 6.07) is 3.50. The fourth-order valence-corrected chi connectivity index (χ4v) is 2.34. The third-order valence-electron chi connectivity index (χ3n) is 3.00. The summed E-state index contributed by atoms with van der Waals surface area (Å²) in [7, 11) is 0. The Labute approximate surface area is 115 Å². The van der Waals surface area contributed by atoms with Gasteiger partial charge < -0.3 is 5.32 Å². The predicted octanol–water partition coefficient (Wildman–Crippen LogP) is 4.87. The van der Waals surface area contributed by atoms with Crippen LogP contribution in [0.3, 0.4) is 0 Å². The first kappa shape index (κ1) is 15.5. The number of benzene rings is 1. The normalized spacial score (nSPS) is 13.1. The van der Waals surface area contributed by atoms with Gasteiger partial charge in [-0.05, 0) is 49.4 Å². The summed E-state index contributed by atoms with van der Waals surface area (Å²) in [5, 5.41) is 4.02. The minimum absolute atomic E-state index is 0.205. The van der Waals surface area contributed by atoms with Crippen LogP contribution in [0.4, 0.5) is 4.39 Å². The van der Waals surface area contributed by atoms with Crippen molar-refractivity contribution >= 4 is 11.6 Å². The topological polar surface area (TPSA) is 12.0 Å². The maximum Gasteiger partial charge on any atom is 0.127 e. The smallest absolute Gasteiger partial charge is 0.127 e. The van der Waals surface area contributed by atoms with E-state index in [4.69, 9.17) is 11.6 Å². The molecule has 1 rings (SSSR count). The summed E-state index contributed by atoms with van der Waals surface area (Å²) < 4.78 is 13.4. The molecule has 1 nitrogen and oxygen atoms in total. The third kappa shape index (κ3) is 4.25. The average Bonchev–Trinajstić information content (AvgIpc) is 2.29. The van der Waals surface area contributed by atoms with Crippen molar-refractivity contribution in [1.29, 1.82) is 0 Å². The highest BCUT2D eigenvalue weighted by Gasteiger charge is 2.17. The number of hydrogen-bond donors (Lipinski definition) is 1. The Morgan fingerprint density at radius 1 is 1.33 bits per heavy atom. The van der Waals surface area contributed by atoms with Gasteiger partial charge in [0.25, 0.3) is 0 Å². The molecule has 18 heavy (non-hydrogen) atoms. The summed E-state index contributed by atoms with van der Waals surface area (Å²) in [5.74, 6) is 0.336. The summed E-state index contributed by atoms with van der Waals surface area (Å²) in [5.41, 5.74) is 1.67. The molecule has 0 radical (unpaired) electrons. The van der Waals surface area contributed by atoms with Crippen LogP contribution in [0.2, 0.25) is 5.02 Å². The Balaban J connectivity index is 2.99. The molecule has 1 atom stereocenters. The Morgan fingerprint density at radius 3 is 2.56 bits per heavy atom. The molecule has 1 N–H and O–H groups in total. The Morgan fingerprint density at radius 2 is 2.00 bits per heavy atom. The van der Waals surface area contributed by atoms with Gasteiger partial charge in [-0.3, -0.25) is 0 Å². The molecule has 0 aliphatic heterocycles. The minimum atomic E-state index is -0.234. The van der Waals surface area contributed by atoms with E-state index in [-0.39, 0.29) is 11.9 Å². The minimum Gasteiger partial charge on any atom is -0.310 e. The summed E-state index contributed by atoms with van der Waals surface area (Å²) in [6.07, 6.45) is 2.08. The van der Waals surface area contributed by atoms with E-state index in [1.54, 1.807) is 6.92 Å². The molecule has 0 spiro atoms. The van der Waals surface area contributed by atoms with Gasteiger partial charge in [-0.1, -0.05) is 38.4 Å². The molecule has 0 saturated carbocycles. The molecule has 3 heteroatoms. The van der Waals surface area contributed by atoms with E-state index in [1.165, 1.54) is 6.07 Å². The average molecular weight is 272 g/mol. The first-order chi connectivity index (χ1) is 8.45. The fraction of sp³-hybridized carbons (Fsp3) is 0.600. The molecule has 1 aromatic rings. The van der Waals surface area contributed by atoms with Gasteiger partial charge in [-0.25, -0.2) is 4.39 Å². The second-order valence-corrected chi connectivity index (χ2v) is 5.67. The zero-order valence-electron chi connectivity index (χ0n) is 11.7. The first-order valence-corrected chi connectivity index (χ1v) is 7.02. The van der Waals surface area contributed by atoms with Gasteiger partial charge in [-0.2, -0.15) is 0 Å². The lowest BCUT2D eigenvalue weighted by Crippen LogP contribution is -2.24. The van der Waals surface area contributed by atoms with E-state index >= 15 is 0 Å². The van der Waals surface area contributed by atoms with Crippen molar-refractivity contribution < 1.29 is 4.39 Å². The van der Waals surface area contributed by atoms with Gasteiger partial charge in [-0.15, -0.1) is 0 Å². The molecule has 0 bridgehead atoms. The van der Waals surface area contributed by atoms with Crippen LogP contribution in [0, 0.1) is 18.7 Å². The van der Waals surface area contributed by atoms with Crippen molar-refractivity contribution in [3.05, 3.63) is 34.1 Å². The van der Waals surface area contributed by atoms with Gasteiger partial charge >= 0.3 is 0 Å². The number of aryl methyl sites for hydroxylation is 1. The Kier molecular flexibility index (Phi) is 6.10. The van der Waals surface area contributed by atoms with E-state index in [1.807, 2.05) is 6.07 Å². The molecule has 0 aromatic heterocycles. The number of hydrogen-bond acceptors (Lipinski definition) is 1. The Bertz CT molecular complexity index is 390. The molecule has 0 aliphatic carbocycles. The summed E-state index contributed by atoms with van der Waals surface area (Å²) in [4.78, 5) is 0. The van der Waals surface area contributed by atoms with E-state index in [0.29, 0.717) is 16.5 Å². The van der Waals surface area contributed by atoms with Crippen molar-refractivity contribution in [2.75, 3.05) is 6.54 Å². The summed E-state index contributed by atoms with van der Waals surface area (Å²) in [6.45, 7) is 9.23. The second-order valence-electron chi connectivity index (χ2n) is 5.26. The molecule has 102 valence electrons. The van der Waals surface area contributed by atoms with E-state index in [9.17, 15) is 4.39 Å². The van der Waals surface area contributed by atoms with Gasteiger partial charge in [0.2, 0.25) is 0 Å². The quantitative estimate of drug-likeness (QED) is 0.778. The van der Waals surface area contributed by atoms with Gasteiger partial charge in [0.05, 0.1) is 0 Å². The van der Waals surface area contributed by atoms with Crippen molar-refractivity contribution in [1.82, 2.24) is 5.32 Å². The number of halogens is 2. The second kappa shape index (κ2) is 7.10. The van der Waals surface area contributed by atoms with Crippen LogP contribution >= 0.6 is 11.6 Å². The van der Waals surface area contributed by atoms with Crippen LogP contribution in [0.25, 0.3) is 0 Å². The highest BCUT2D eigenvalue weighted by molar-refractivity contribution is 6.31. The lowest BCUT2D eigenvalue weighted by Gasteiger charge is -2.22. The van der Waals surface area contributed by atoms with E-state index < -0.39 is 0 Å². The molecule has 0 fully saturated rings. The zero-order valence-corrected chi connectivity index (χ0v) is 12.4. The van der Waals surface area contributed by atoms with Crippen molar-refractivity contribution in [3.8, 4) is 0 Å². The van der Waals surface area contributed by atoms with Gasteiger partial charge in [0, 0.05) is 11.1 Å². The van der Waals surface area contributed by atoms with E-state index in [0.717, 1.165) is 24.9 Å². The first-order valence-electron chi connectivity index (χ1n) is 6.64. The number of rotatable bonds is 6. The van der Waals surface area contributed by atoms with Crippen LogP contribution in [-0.4, -0.2) is 6.54 Å². The van der Waals surface area contributed by atoms with Crippen molar-refractivity contribution in [3.63, 3.8) is 0 Å². The van der Waals surface area contributed by atoms with Crippen LogP contribution < -0.4 is 5.32 Å².